The average molecular weight is 342 g/mol. The van der Waals surface area contributed by atoms with Gasteiger partial charge in [0, 0.05) is 43.2 Å². The molecule has 25 heavy (non-hydrogen) atoms. The van der Waals surface area contributed by atoms with E-state index in [1.54, 1.807) is 44.9 Å². The molecule has 0 aliphatic heterocycles. The molecule has 0 saturated carbocycles. The fraction of sp³-hybridized carbons (Fsp3) is 0.353. The first-order chi connectivity index (χ1) is 12.1. The van der Waals surface area contributed by atoms with Gasteiger partial charge in [0.1, 0.15) is 11.5 Å². The number of benzene rings is 1. The number of rotatable bonds is 7. The number of imidazole rings is 1. The molecule has 1 aromatic carbocycles. The van der Waals surface area contributed by atoms with Gasteiger partial charge in [-0.3, -0.25) is 0 Å². The topological polar surface area (TPSA) is 96.5 Å². The molecule has 0 aliphatic rings. The molecule has 0 radical (unpaired) electrons. The van der Waals surface area contributed by atoms with E-state index < -0.39 is 0 Å². The number of guanidine groups is 1. The van der Waals surface area contributed by atoms with Gasteiger partial charge in [0.15, 0.2) is 0 Å². The van der Waals surface area contributed by atoms with Crippen LogP contribution in [0.5, 0.6) is 11.5 Å². The van der Waals surface area contributed by atoms with Gasteiger partial charge < -0.3 is 24.7 Å². The molecule has 0 fully saturated rings. The second kappa shape index (κ2) is 9.17. The van der Waals surface area contributed by atoms with Crippen molar-refractivity contribution in [3.05, 3.63) is 36.4 Å². The molecule has 2 rings (SSSR count). The Bertz CT molecular complexity index is 740. The Labute approximate surface area is 147 Å². The first kappa shape index (κ1) is 18.1. The summed E-state index contributed by atoms with van der Waals surface area (Å²) in [4.78, 5) is 7.97. The van der Waals surface area contributed by atoms with Gasteiger partial charge in [-0.1, -0.05) is 0 Å². The fourth-order valence-electron chi connectivity index (χ4n) is 2.24. The lowest BCUT2D eigenvalue weighted by Crippen LogP contribution is -2.31. The number of methoxy groups -OCH3 is 2. The summed E-state index contributed by atoms with van der Waals surface area (Å²) >= 11 is 0. The van der Waals surface area contributed by atoms with Crippen LogP contribution in [0.25, 0.3) is 0 Å². The van der Waals surface area contributed by atoms with Gasteiger partial charge >= 0.3 is 0 Å². The summed E-state index contributed by atoms with van der Waals surface area (Å²) in [6.45, 7) is 3.45. The van der Waals surface area contributed by atoms with Crippen LogP contribution in [-0.4, -0.2) is 36.3 Å². The largest absolute Gasteiger partial charge is 0.497 e. The van der Waals surface area contributed by atoms with Gasteiger partial charge in [-0.05, 0) is 13.3 Å². The van der Waals surface area contributed by atoms with E-state index in [1.165, 1.54) is 0 Å². The predicted octanol–water partition coefficient (Wildman–Crippen LogP) is 2.14. The van der Waals surface area contributed by atoms with Crippen molar-refractivity contribution in [2.75, 3.05) is 26.1 Å². The van der Waals surface area contributed by atoms with Crippen molar-refractivity contribution in [1.29, 1.82) is 5.26 Å². The number of hydrogen-bond donors (Lipinski definition) is 2. The maximum Gasteiger partial charge on any atom is 0.211 e. The van der Waals surface area contributed by atoms with Gasteiger partial charge in [0.05, 0.1) is 26.2 Å². The maximum atomic E-state index is 8.87. The molecule has 0 unspecified atom stereocenters. The number of nitriles is 1. The molecule has 0 saturated heterocycles. The van der Waals surface area contributed by atoms with Gasteiger partial charge in [-0.2, -0.15) is 5.26 Å². The summed E-state index contributed by atoms with van der Waals surface area (Å²) in [7, 11) is 3.16. The number of nitrogens with zero attached hydrogens (tertiary/aromatic N) is 4. The van der Waals surface area contributed by atoms with E-state index in [1.807, 2.05) is 17.7 Å². The van der Waals surface area contributed by atoms with Crippen LogP contribution in [0.4, 0.5) is 5.69 Å². The average Bonchev–Trinajstić information content (AvgIpc) is 3.03. The summed E-state index contributed by atoms with van der Waals surface area (Å²) in [6.07, 6.45) is 6.45. The Balaban J connectivity index is 1.92. The fourth-order valence-corrected chi connectivity index (χ4v) is 2.24. The summed E-state index contributed by atoms with van der Waals surface area (Å²) in [5.74, 6) is 1.67. The first-order valence-corrected chi connectivity index (χ1v) is 7.83. The molecule has 0 bridgehead atoms. The molecule has 8 nitrogen and oxygen atoms in total. The Morgan fingerprint density at radius 2 is 2.00 bits per heavy atom. The van der Waals surface area contributed by atoms with Crippen molar-refractivity contribution in [3.8, 4) is 17.7 Å². The van der Waals surface area contributed by atoms with Crippen LogP contribution in [-0.2, 0) is 6.54 Å². The number of aliphatic imine (C=N–C) groups is 1. The van der Waals surface area contributed by atoms with Crippen molar-refractivity contribution in [2.45, 2.75) is 19.9 Å². The summed E-state index contributed by atoms with van der Waals surface area (Å²) in [5, 5.41) is 15.1. The predicted molar refractivity (Wildman–Crippen MR) is 95.8 cm³/mol. The first-order valence-electron chi connectivity index (χ1n) is 7.83. The van der Waals surface area contributed by atoms with E-state index >= 15 is 0 Å². The Kier molecular flexibility index (Phi) is 6.65. The van der Waals surface area contributed by atoms with E-state index in [2.05, 4.69) is 20.6 Å². The number of anilines is 1. The smallest absolute Gasteiger partial charge is 0.211 e. The van der Waals surface area contributed by atoms with E-state index in [0.29, 0.717) is 29.7 Å². The summed E-state index contributed by atoms with van der Waals surface area (Å²) < 4.78 is 12.5. The lowest BCUT2D eigenvalue weighted by atomic mass is 10.3. The quantitative estimate of drug-likeness (QED) is 0.346. The molecule has 8 heteroatoms. The molecular weight excluding hydrogens is 320 g/mol. The van der Waals surface area contributed by atoms with Crippen LogP contribution < -0.4 is 20.1 Å². The number of ether oxygens (including phenoxy) is 2. The monoisotopic (exact) mass is 342 g/mol. The Morgan fingerprint density at radius 1 is 1.28 bits per heavy atom. The highest BCUT2D eigenvalue weighted by atomic mass is 16.5. The third-order valence-electron chi connectivity index (χ3n) is 3.42. The highest BCUT2D eigenvalue weighted by molar-refractivity contribution is 5.94. The van der Waals surface area contributed by atoms with E-state index in [9.17, 15) is 0 Å². The number of hydrogen-bond acceptors (Lipinski definition) is 5. The Morgan fingerprint density at radius 3 is 2.56 bits per heavy atom. The van der Waals surface area contributed by atoms with E-state index in [0.717, 1.165) is 18.7 Å². The molecule has 0 aliphatic carbocycles. The minimum absolute atomic E-state index is 0.375. The van der Waals surface area contributed by atoms with Gasteiger partial charge in [-0.25, -0.2) is 4.98 Å². The van der Waals surface area contributed by atoms with Crippen LogP contribution in [0.3, 0.4) is 0 Å². The van der Waals surface area contributed by atoms with Crippen molar-refractivity contribution in [1.82, 2.24) is 14.9 Å². The van der Waals surface area contributed by atoms with Crippen molar-refractivity contribution < 1.29 is 9.47 Å². The molecular formula is C17H22N6O2. The van der Waals surface area contributed by atoms with Crippen LogP contribution in [0.2, 0.25) is 0 Å². The van der Waals surface area contributed by atoms with Gasteiger partial charge in [-0.15, -0.1) is 4.99 Å². The van der Waals surface area contributed by atoms with Crippen LogP contribution in [0.15, 0.2) is 35.7 Å². The summed E-state index contributed by atoms with van der Waals surface area (Å²) in [6, 6.07) is 5.36. The van der Waals surface area contributed by atoms with E-state index in [4.69, 9.17) is 14.7 Å². The molecule has 0 atom stereocenters. The number of aromatic nitrogens is 2. The second-order valence-corrected chi connectivity index (χ2v) is 5.32. The van der Waals surface area contributed by atoms with Gasteiger partial charge in [0.25, 0.3) is 0 Å². The Hall–Kier alpha value is -3.21. The lowest BCUT2D eigenvalue weighted by Gasteiger charge is -2.13. The molecule has 0 spiro atoms. The SMILES string of the molecule is COc1cc(N/C(=N\C#N)NCCCn2cnc(C)c2)cc(OC)c1. The number of aryl methyl sites for hydroxylation is 2. The van der Waals surface area contributed by atoms with Crippen molar-refractivity contribution in [3.63, 3.8) is 0 Å². The molecule has 2 aromatic rings. The third-order valence-corrected chi connectivity index (χ3v) is 3.42. The minimum atomic E-state index is 0.375. The van der Waals surface area contributed by atoms with E-state index in [-0.39, 0.29) is 0 Å². The van der Waals surface area contributed by atoms with Crippen LogP contribution in [0, 0.1) is 18.4 Å². The summed E-state index contributed by atoms with van der Waals surface area (Å²) in [5.41, 5.74) is 1.70. The maximum absolute atomic E-state index is 8.87. The molecule has 1 aromatic heterocycles. The normalized spacial score (nSPS) is 10.9. The molecule has 2 N–H and O–H groups in total. The van der Waals surface area contributed by atoms with Crippen LogP contribution in [0.1, 0.15) is 12.1 Å². The molecule has 1 heterocycles. The third kappa shape index (κ3) is 5.73. The van der Waals surface area contributed by atoms with Crippen molar-refractivity contribution in [2.24, 2.45) is 4.99 Å². The second-order valence-electron chi connectivity index (χ2n) is 5.32. The standard InChI is InChI=1S/C17H22N6O2/c1-13-10-23(12-21-13)6-4-5-19-17(20-11-18)22-14-7-15(24-2)9-16(8-14)25-3/h7-10,12H,4-6H2,1-3H3,(H2,19,20,22). The lowest BCUT2D eigenvalue weighted by molar-refractivity contribution is 0.395. The zero-order chi connectivity index (χ0) is 18.1. The highest BCUT2D eigenvalue weighted by Gasteiger charge is 2.05. The zero-order valence-corrected chi connectivity index (χ0v) is 14.6. The minimum Gasteiger partial charge on any atom is -0.497 e. The zero-order valence-electron chi connectivity index (χ0n) is 14.6. The molecule has 0 amide bonds. The molecule has 132 valence electrons. The highest BCUT2D eigenvalue weighted by Crippen LogP contribution is 2.25. The van der Waals surface area contributed by atoms with Crippen molar-refractivity contribution >= 4 is 11.6 Å². The number of nitrogens with one attached hydrogen (secondary N) is 2. The van der Waals surface area contributed by atoms with Gasteiger partial charge in [0.2, 0.25) is 12.2 Å². The van der Waals surface area contributed by atoms with Crippen LogP contribution >= 0.6 is 0 Å².